The molecule has 2 amide bonds. The number of ether oxygens (including phenoxy) is 1. The Balaban J connectivity index is 1.88. The third-order valence-electron chi connectivity index (χ3n) is 3.42. The van der Waals surface area contributed by atoms with Crippen LogP contribution in [0, 0.1) is 0 Å². The number of carbonyl (C=O) groups is 3. The Morgan fingerprint density at radius 1 is 1.00 bits per heavy atom. The van der Waals surface area contributed by atoms with Gasteiger partial charge in [0.2, 0.25) is 11.8 Å². The molecular weight excluding hydrogens is 308 g/mol. The molecule has 124 valence electrons. The Hall–Kier alpha value is -3.15. The largest absolute Gasteiger partial charge is 0.497 e. The second kappa shape index (κ2) is 7.92. The fourth-order valence-corrected chi connectivity index (χ4v) is 2.11. The van der Waals surface area contributed by atoms with Crippen LogP contribution in [0.25, 0.3) is 0 Å². The molecular formula is C18H18N2O4. The lowest BCUT2D eigenvalue weighted by Gasteiger charge is -2.06. The lowest BCUT2D eigenvalue weighted by molar-refractivity contribution is -0.116. The van der Waals surface area contributed by atoms with Crippen LogP contribution in [0.15, 0.2) is 48.5 Å². The van der Waals surface area contributed by atoms with Gasteiger partial charge in [0.25, 0.3) is 0 Å². The van der Waals surface area contributed by atoms with Crippen molar-refractivity contribution in [2.24, 2.45) is 5.73 Å². The molecule has 0 spiro atoms. The minimum atomic E-state index is -0.531. The summed E-state index contributed by atoms with van der Waals surface area (Å²) in [4.78, 5) is 35.0. The average molecular weight is 326 g/mol. The van der Waals surface area contributed by atoms with Gasteiger partial charge in [0.15, 0.2) is 5.78 Å². The van der Waals surface area contributed by atoms with Gasteiger partial charge >= 0.3 is 0 Å². The van der Waals surface area contributed by atoms with Crippen LogP contribution < -0.4 is 15.8 Å². The van der Waals surface area contributed by atoms with Gasteiger partial charge in [0.05, 0.1) is 7.11 Å². The third kappa shape index (κ3) is 4.67. The maximum absolute atomic E-state index is 12.1. The van der Waals surface area contributed by atoms with Crippen LogP contribution in [0.4, 0.5) is 5.69 Å². The van der Waals surface area contributed by atoms with Crippen LogP contribution in [0.3, 0.4) is 0 Å². The lowest BCUT2D eigenvalue weighted by atomic mass is 10.1. The van der Waals surface area contributed by atoms with Crippen LogP contribution in [0.1, 0.15) is 33.6 Å². The molecule has 0 bridgehead atoms. The zero-order valence-electron chi connectivity index (χ0n) is 13.2. The number of anilines is 1. The molecule has 0 fully saturated rings. The minimum absolute atomic E-state index is 0.0631. The molecule has 2 aromatic carbocycles. The second-order valence-corrected chi connectivity index (χ2v) is 5.14. The molecule has 24 heavy (non-hydrogen) atoms. The first-order chi connectivity index (χ1) is 11.5. The highest BCUT2D eigenvalue weighted by Crippen LogP contribution is 2.15. The summed E-state index contributed by atoms with van der Waals surface area (Å²) in [5.74, 6) is -0.345. The van der Waals surface area contributed by atoms with Gasteiger partial charge in [-0.25, -0.2) is 0 Å². The number of hydrogen-bond acceptors (Lipinski definition) is 4. The number of primary amides is 1. The number of nitrogens with one attached hydrogen (secondary N) is 1. The first-order valence-corrected chi connectivity index (χ1v) is 7.36. The summed E-state index contributed by atoms with van der Waals surface area (Å²) < 4.78 is 5.07. The van der Waals surface area contributed by atoms with E-state index in [1.165, 1.54) is 19.2 Å². The molecule has 2 aromatic rings. The second-order valence-electron chi connectivity index (χ2n) is 5.14. The predicted octanol–water partition coefficient (Wildman–Crippen LogP) is 2.40. The highest BCUT2D eigenvalue weighted by molar-refractivity contribution is 6.00. The van der Waals surface area contributed by atoms with E-state index in [0.29, 0.717) is 22.6 Å². The van der Waals surface area contributed by atoms with Crippen molar-refractivity contribution in [3.8, 4) is 5.75 Å². The van der Waals surface area contributed by atoms with Crippen LogP contribution in [0.2, 0.25) is 0 Å². The number of nitrogens with two attached hydrogens (primary N) is 1. The van der Waals surface area contributed by atoms with Crippen LogP contribution in [-0.2, 0) is 4.79 Å². The molecule has 0 saturated carbocycles. The SMILES string of the molecule is COc1cccc(C(=O)CCC(=O)Nc2ccc(C(N)=O)cc2)c1. The number of benzene rings is 2. The first kappa shape index (κ1) is 17.2. The van der Waals surface area contributed by atoms with Crippen molar-refractivity contribution in [3.63, 3.8) is 0 Å². The van der Waals surface area contributed by atoms with E-state index in [4.69, 9.17) is 10.5 Å². The highest BCUT2D eigenvalue weighted by atomic mass is 16.5. The molecule has 0 unspecified atom stereocenters. The number of amides is 2. The standard InChI is InChI=1S/C18H18N2O4/c1-24-15-4-2-3-13(11-15)16(21)9-10-17(22)20-14-7-5-12(6-8-14)18(19)23/h2-8,11H,9-10H2,1H3,(H2,19,23)(H,20,22). The van der Waals surface area contributed by atoms with Crippen molar-refractivity contribution in [1.29, 1.82) is 0 Å². The number of carbonyl (C=O) groups excluding carboxylic acids is 3. The molecule has 0 aliphatic heterocycles. The maximum Gasteiger partial charge on any atom is 0.248 e. The van der Waals surface area contributed by atoms with E-state index in [2.05, 4.69) is 5.32 Å². The molecule has 6 heteroatoms. The Kier molecular flexibility index (Phi) is 5.68. The maximum atomic E-state index is 12.1. The molecule has 0 aliphatic carbocycles. The first-order valence-electron chi connectivity index (χ1n) is 7.36. The van der Waals surface area contributed by atoms with Crippen LogP contribution in [-0.4, -0.2) is 24.7 Å². The Morgan fingerprint density at radius 2 is 1.71 bits per heavy atom. The number of methoxy groups -OCH3 is 1. The third-order valence-corrected chi connectivity index (χ3v) is 3.42. The van der Waals surface area contributed by atoms with E-state index < -0.39 is 5.91 Å². The predicted molar refractivity (Wildman–Crippen MR) is 90.1 cm³/mol. The normalized spacial score (nSPS) is 10.0. The molecule has 0 atom stereocenters. The van der Waals surface area contributed by atoms with Gasteiger partial charge in [-0.2, -0.15) is 0 Å². The fraction of sp³-hybridized carbons (Fsp3) is 0.167. The van der Waals surface area contributed by atoms with E-state index in [0.717, 1.165) is 0 Å². The van der Waals surface area contributed by atoms with Gasteiger partial charge in [0, 0.05) is 29.7 Å². The Labute approximate surface area is 139 Å². The van der Waals surface area contributed by atoms with Gasteiger partial charge < -0.3 is 15.8 Å². The summed E-state index contributed by atoms with van der Waals surface area (Å²) in [5, 5.41) is 2.67. The van der Waals surface area contributed by atoms with E-state index in [9.17, 15) is 14.4 Å². The van der Waals surface area contributed by atoms with Crippen molar-refractivity contribution >= 4 is 23.3 Å². The van der Waals surface area contributed by atoms with E-state index in [1.807, 2.05) is 0 Å². The molecule has 0 aliphatic rings. The van der Waals surface area contributed by atoms with Crippen molar-refractivity contribution in [2.75, 3.05) is 12.4 Å². The van der Waals surface area contributed by atoms with Gasteiger partial charge in [0.1, 0.15) is 5.75 Å². The summed E-state index contributed by atoms with van der Waals surface area (Å²) in [6, 6.07) is 13.0. The number of rotatable bonds is 7. The van der Waals surface area contributed by atoms with Crippen LogP contribution >= 0.6 is 0 Å². The van der Waals surface area contributed by atoms with Crippen molar-refractivity contribution in [1.82, 2.24) is 0 Å². The summed E-state index contributed by atoms with van der Waals surface area (Å²) in [6.45, 7) is 0. The van der Waals surface area contributed by atoms with Gasteiger partial charge in [-0.3, -0.25) is 14.4 Å². The smallest absolute Gasteiger partial charge is 0.248 e. The Morgan fingerprint density at radius 3 is 2.33 bits per heavy atom. The molecule has 0 heterocycles. The number of hydrogen-bond donors (Lipinski definition) is 2. The number of Topliss-reactive ketones (excluding diaryl/α,β-unsaturated/α-hetero) is 1. The zero-order chi connectivity index (χ0) is 17.5. The molecule has 3 N–H and O–H groups in total. The monoisotopic (exact) mass is 326 g/mol. The van der Waals surface area contributed by atoms with Crippen LogP contribution in [0.5, 0.6) is 5.75 Å². The lowest BCUT2D eigenvalue weighted by Crippen LogP contribution is -2.14. The summed E-state index contributed by atoms with van der Waals surface area (Å²) in [5.41, 5.74) is 6.56. The summed E-state index contributed by atoms with van der Waals surface area (Å²) in [6.07, 6.45) is 0.159. The summed E-state index contributed by atoms with van der Waals surface area (Å²) in [7, 11) is 1.53. The number of ketones is 1. The van der Waals surface area contributed by atoms with Gasteiger partial charge in [-0.05, 0) is 36.4 Å². The molecule has 6 nitrogen and oxygen atoms in total. The fourth-order valence-electron chi connectivity index (χ4n) is 2.11. The Bertz CT molecular complexity index is 754. The van der Waals surface area contributed by atoms with E-state index in [1.54, 1.807) is 36.4 Å². The van der Waals surface area contributed by atoms with Crippen molar-refractivity contribution < 1.29 is 19.1 Å². The van der Waals surface area contributed by atoms with Crippen molar-refractivity contribution in [2.45, 2.75) is 12.8 Å². The van der Waals surface area contributed by atoms with Gasteiger partial charge in [-0.1, -0.05) is 12.1 Å². The van der Waals surface area contributed by atoms with E-state index >= 15 is 0 Å². The highest BCUT2D eigenvalue weighted by Gasteiger charge is 2.10. The molecule has 0 radical (unpaired) electrons. The molecule has 2 rings (SSSR count). The van der Waals surface area contributed by atoms with Gasteiger partial charge in [-0.15, -0.1) is 0 Å². The molecule has 0 aromatic heterocycles. The average Bonchev–Trinajstić information content (AvgIpc) is 2.60. The quantitative estimate of drug-likeness (QED) is 0.763. The molecule has 0 saturated heterocycles. The minimum Gasteiger partial charge on any atom is -0.497 e. The topological polar surface area (TPSA) is 98.5 Å². The summed E-state index contributed by atoms with van der Waals surface area (Å²) >= 11 is 0. The van der Waals surface area contributed by atoms with E-state index in [-0.39, 0.29) is 24.5 Å². The zero-order valence-corrected chi connectivity index (χ0v) is 13.2. The van der Waals surface area contributed by atoms with Crippen molar-refractivity contribution in [3.05, 3.63) is 59.7 Å².